The Morgan fingerprint density at radius 1 is 1.14 bits per heavy atom. The van der Waals surface area contributed by atoms with Gasteiger partial charge >= 0.3 is 12.0 Å². The Kier molecular flexibility index (Phi) is 4.13. The summed E-state index contributed by atoms with van der Waals surface area (Å²) >= 11 is 1.12. The topological polar surface area (TPSA) is 98.7 Å². The maximum Gasteiger partial charge on any atom is 0.338 e. The number of anilines is 2. The average Bonchev–Trinajstić information content (AvgIpc) is 2.88. The highest BCUT2D eigenvalue weighted by molar-refractivity contribution is 7.14. The number of carboxylic acids is 1. The quantitative estimate of drug-likeness (QED) is 0.698. The molecule has 0 radical (unpaired) electrons. The number of hydrogen-bond acceptors (Lipinski definition) is 4. The number of amides is 2. The second kappa shape index (κ2) is 5.84. The Balaban J connectivity index is 2.14. The van der Waals surface area contributed by atoms with Gasteiger partial charge < -0.3 is 15.5 Å². The number of rotatable bonds is 3. The van der Waals surface area contributed by atoms with E-state index in [4.69, 9.17) is 5.11 Å². The van der Waals surface area contributed by atoms with Gasteiger partial charge in [0.15, 0.2) is 0 Å². The first kappa shape index (κ1) is 14.9. The van der Waals surface area contributed by atoms with Gasteiger partial charge in [-0.2, -0.15) is 0 Å². The Morgan fingerprint density at radius 3 is 2.52 bits per heavy atom. The Bertz CT molecular complexity index is 709. The van der Waals surface area contributed by atoms with Crippen molar-refractivity contribution in [3.05, 3.63) is 40.3 Å². The molecule has 2 rings (SSSR count). The smallest absolute Gasteiger partial charge is 0.338 e. The van der Waals surface area contributed by atoms with Crippen LogP contribution in [0.25, 0.3) is 0 Å². The zero-order chi connectivity index (χ0) is 15.6. The van der Waals surface area contributed by atoms with Crippen LogP contribution in [0.5, 0.6) is 5.75 Å². The van der Waals surface area contributed by atoms with Crippen LogP contribution in [0, 0.1) is 13.8 Å². The van der Waals surface area contributed by atoms with Gasteiger partial charge in [0.2, 0.25) is 0 Å². The molecule has 2 aromatic rings. The van der Waals surface area contributed by atoms with Crippen molar-refractivity contribution in [2.45, 2.75) is 13.8 Å². The molecule has 0 aliphatic heterocycles. The van der Waals surface area contributed by atoms with E-state index < -0.39 is 12.0 Å². The van der Waals surface area contributed by atoms with E-state index in [9.17, 15) is 14.7 Å². The number of carbonyl (C=O) groups excluding carboxylic acids is 1. The fraction of sp³-hybridized carbons (Fsp3) is 0.143. The lowest BCUT2D eigenvalue weighted by atomic mass is 10.1. The molecule has 1 heterocycles. The van der Waals surface area contributed by atoms with Gasteiger partial charge in [-0.25, -0.2) is 9.59 Å². The van der Waals surface area contributed by atoms with Crippen LogP contribution in [0.1, 0.15) is 21.5 Å². The number of nitrogens with one attached hydrogen (secondary N) is 2. The van der Waals surface area contributed by atoms with Gasteiger partial charge in [-0.15, -0.1) is 11.3 Å². The molecule has 0 fully saturated rings. The molecule has 0 spiro atoms. The average molecular weight is 306 g/mol. The molecule has 0 aliphatic carbocycles. The molecule has 0 bridgehead atoms. The molecule has 6 nitrogen and oxygen atoms in total. The number of hydrogen-bond donors (Lipinski definition) is 4. The summed E-state index contributed by atoms with van der Waals surface area (Å²) in [6.07, 6.45) is 0. The monoisotopic (exact) mass is 306 g/mol. The summed E-state index contributed by atoms with van der Waals surface area (Å²) in [6.45, 7) is 3.45. The molecular formula is C14H14N2O4S. The van der Waals surface area contributed by atoms with Crippen LogP contribution in [0.4, 0.5) is 15.5 Å². The van der Waals surface area contributed by atoms with Crippen LogP contribution in [0.15, 0.2) is 23.6 Å². The molecule has 0 saturated carbocycles. The highest BCUT2D eigenvalue weighted by Gasteiger charge is 2.15. The molecule has 0 atom stereocenters. The predicted molar refractivity (Wildman–Crippen MR) is 81.5 cm³/mol. The maximum atomic E-state index is 11.9. The van der Waals surface area contributed by atoms with E-state index >= 15 is 0 Å². The molecule has 1 aromatic carbocycles. The minimum Gasteiger partial charge on any atom is -0.507 e. The number of phenols is 1. The largest absolute Gasteiger partial charge is 0.507 e. The number of phenolic OH excluding ortho intramolecular Hbond substituents is 1. The van der Waals surface area contributed by atoms with Crippen molar-refractivity contribution in [2.75, 3.05) is 10.6 Å². The number of thiophene rings is 1. The third-order valence-electron chi connectivity index (χ3n) is 3.00. The molecule has 1 aromatic heterocycles. The fourth-order valence-corrected chi connectivity index (χ4v) is 2.58. The van der Waals surface area contributed by atoms with Gasteiger partial charge in [0.05, 0.1) is 5.56 Å². The lowest BCUT2D eigenvalue weighted by molar-refractivity contribution is 0.0698. The molecular weight excluding hydrogens is 292 g/mol. The van der Waals surface area contributed by atoms with Gasteiger partial charge in [0, 0.05) is 11.3 Å². The number of aromatic carboxylic acids is 1. The van der Waals surface area contributed by atoms with Crippen molar-refractivity contribution in [3.63, 3.8) is 0 Å². The predicted octanol–water partition coefficient (Wildman–Crippen LogP) is 3.41. The number of aromatic hydroxyl groups is 1. The first-order valence-electron chi connectivity index (χ1n) is 6.08. The van der Waals surface area contributed by atoms with Crippen LogP contribution in [0.2, 0.25) is 0 Å². The lowest BCUT2D eigenvalue weighted by Gasteiger charge is -2.12. The van der Waals surface area contributed by atoms with E-state index in [0.717, 1.165) is 11.3 Å². The van der Waals surface area contributed by atoms with Crippen molar-refractivity contribution in [3.8, 4) is 5.75 Å². The SMILES string of the molecule is Cc1ccc(NC(=O)Nc2sccc2C(=O)O)c(C)c1O. The molecule has 0 aliphatic rings. The van der Waals surface area contributed by atoms with Crippen molar-refractivity contribution < 1.29 is 19.8 Å². The van der Waals surface area contributed by atoms with Crippen LogP contribution < -0.4 is 10.6 Å². The second-order valence-corrected chi connectivity index (χ2v) is 5.37. The molecule has 21 heavy (non-hydrogen) atoms. The highest BCUT2D eigenvalue weighted by Crippen LogP contribution is 2.28. The summed E-state index contributed by atoms with van der Waals surface area (Å²) in [5.74, 6) is -0.981. The van der Waals surface area contributed by atoms with Crippen LogP contribution >= 0.6 is 11.3 Å². The summed E-state index contributed by atoms with van der Waals surface area (Å²) in [5, 5.41) is 25.7. The summed E-state index contributed by atoms with van der Waals surface area (Å²) < 4.78 is 0. The van der Waals surface area contributed by atoms with E-state index in [-0.39, 0.29) is 16.3 Å². The van der Waals surface area contributed by atoms with E-state index in [1.807, 2.05) is 0 Å². The van der Waals surface area contributed by atoms with Crippen LogP contribution in [-0.4, -0.2) is 22.2 Å². The van der Waals surface area contributed by atoms with E-state index in [1.54, 1.807) is 31.4 Å². The normalized spacial score (nSPS) is 10.2. The minimum atomic E-state index is -1.10. The molecule has 7 heteroatoms. The first-order chi connectivity index (χ1) is 9.90. The van der Waals surface area contributed by atoms with E-state index in [2.05, 4.69) is 10.6 Å². The zero-order valence-electron chi connectivity index (χ0n) is 11.4. The Morgan fingerprint density at radius 2 is 1.86 bits per heavy atom. The van der Waals surface area contributed by atoms with Crippen LogP contribution in [0.3, 0.4) is 0 Å². The zero-order valence-corrected chi connectivity index (χ0v) is 12.2. The van der Waals surface area contributed by atoms with E-state index in [0.29, 0.717) is 16.8 Å². The number of urea groups is 1. The van der Waals surface area contributed by atoms with Gasteiger partial charge in [0.25, 0.3) is 0 Å². The third-order valence-corrected chi connectivity index (χ3v) is 3.83. The summed E-state index contributed by atoms with van der Waals surface area (Å²) in [6, 6.07) is 4.22. The van der Waals surface area contributed by atoms with Crippen molar-refractivity contribution >= 4 is 34.0 Å². The standard InChI is InChI=1S/C14H14N2O4S/c1-7-3-4-10(8(2)11(7)17)15-14(20)16-12-9(13(18)19)5-6-21-12/h3-6,17H,1-2H3,(H,18,19)(H2,15,16,20). The maximum absolute atomic E-state index is 11.9. The Labute approximate surface area is 125 Å². The highest BCUT2D eigenvalue weighted by atomic mass is 32.1. The fourth-order valence-electron chi connectivity index (χ4n) is 1.80. The Hall–Kier alpha value is -2.54. The van der Waals surface area contributed by atoms with Crippen molar-refractivity contribution in [1.82, 2.24) is 0 Å². The molecule has 4 N–H and O–H groups in total. The van der Waals surface area contributed by atoms with Gasteiger partial charge in [-0.1, -0.05) is 6.07 Å². The van der Waals surface area contributed by atoms with Gasteiger partial charge in [-0.05, 0) is 36.9 Å². The first-order valence-corrected chi connectivity index (χ1v) is 6.96. The molecule has 2 amide bonds. The van der Waals surface area contributed by atoms with Gasteiger partial charge in [-0.3, -0.25) is 5.32 Å². The molecule has 0 saturated heterocycles. The molecule has 0 unspecified atom stereocenters. The van der Waals surface area contributed by atoms with Crippen LogP contribution in [-0.2, 0) is 0 Å². The van der Waals surface area contributed by atoms with Crippen molar-refractivity contribution in [1.29, 1.82) is 0 Å². The summed E-state index contributed by atoms with van der Waals surface area (Å²) in [5.41, 5.74) is 1.77. The van der Waals surface area contributed by atoms with Crippen molar-refractivity contribution in [2.24, 2.45) is 0 Å². The lowest BCUT2D eigenvalue weighted by Crippen LogP contribution is -2.20. The van der Waals surface area contributed by atoms with Gasteiger partial charge in [0.1, 0.15) is 10.8 Å². The number of benzene rings is 1. The summed E-state index contributed by atoms with van der Waals surface area (Å²) in [4.78, 5) is 22.9. The summed E-state index contributed by atoms with van der Waals surface area (Å²) in [7, 11) is 0. The number of carbonyl (C=O) groups is 2. The number of aryl methyl sites for hydroxylation is 1. The molecule has 110 valence electrons. The number of carboxylic acid groups (broad SMARTS) is 1. The minimum absolute atomic E-state index is 0.0404. The second-order valence-electron chi connectivity index (χ2n) is 4.45. The third kappa shape index (κ3) is 3.14. The van der Waals surface area contributed by atoms with E-state index in [1.165, 1.54) is 6.07 Å².